The van der Waals surface area contributed by atoms with E-state index in [1.165, 1.54) is 51.6 Å². The van der Waals surface area contributed by atoms with Crippen LogP contribution in [0.15, 0.2) is 0 Å². The third kappa shape index (κ3) is 3.20. The van der Waals surface area contributed by atoms with Crippen molar-refractivity contribution in [3.8, 4) is 0 Å². The van der Waals surface area contributed by atoms with Crippen LogP contribution in [-0.4, -0.2) is 43.8 Å². The van der Waals surface area contributed by atoms with Gasteiger partial charge in [0.1, 0.15) is 0 Å². The Hall–Kier alpha value is -0.120. The van der Waals surface area contributed by atoms with Crippen molar-refractivity contribution < 1.29 is 4.74 Å². The number of rotatable bonds is 5. The van der Waals surface area contributed by atoms with Gasteiger partial charge in [0.25, 0.3) is 0 Å². The van der Waals surface area contributed by atoms with Gasteiger partial charge in [0, 0.05) is 25.8 Å². The summed E-state index contributed by atoms with van der Waals surface area (Å²) in [5, 5.41) is 0. The molecular formula is C17H34N2O. The SMILES string of the molecule is COCC1CCN(C2(CN)CCCCC2C(C)C)CC1. The average molecular weight is 282 g/mol. The Labute approximate surface area is 125 Å². The van der Waals surface area contributed by atoms with Gasteiger partial charge in [0.05, 0.1) is 0 Å². The van der Waals surface area contributed by atoms with Gasteiger partial charge in [-0.3, -0.25) is 4.90 Å². The van der Waals surface area contributed by atoms with Crippen molar-refractivity contribution in [1.29, 1.82) is 0 Å². The molecule has 3 nitrogen and oxygen atoms in total. The van der Waals surface area contributed by atoms with E-state index < -0.39 is 0 Å². The lowest BCUT2D eigenvalue weighted by Gasteiger charge is -2.54. The zero-order chi connectivity index (χ0) is 14.6. The van der Waals surface area contributed by atoms with Crippen LogP contribution in [0.4, 0.5) is 0 Å². The first-order valence-corrected chi connectivity index (χ1v) is 8.58. The highest BCUT2D eigenvalue weighted by Gasteiger charge is 2.46. The van der Waals surface area contributed by atoms with Crippen LogP contribution >= 0.6 is 0 Å². The number of nitrogens with zero attached hydrogens (tertiary/aromatic N) is 1. The summed E-state index contributed by atoms with van der Waals surface area (Å²) < 4.78 is 5.33. The second-order valence-electron chi connectivity index (χ2n) is 7.29. The largest absolute Gasteiger partial charge is 0.384 e. The van der Waals surface area contributed by atoms with Crippen molar-refractivity contribution in [2.45, 2.75) is 57.9 Å². The molecule has 0 bridgehead atoms. The van der Waals surface area contributed by atoms with Crippen molar-refractivity contribution in [2.24, 2.45) is 23.5 Å². The third-order valence-corrected chi connectivity index (χ3v) is 5.87. The van der Waals surface area contributed by atoms with Crippen LogP contribution in [-0.2, 0) is 4.74 Å². The Morgan fingerprint density at radius 3 is 2.45 bits per heavy atom. The van der Waals surface area contributed by atoms with Crippen LogP contribution in [0.2, 0.25) is 0 Å². The highest BCUT2D eigenvalue weighted by molar-refractivity contribution is 5.02. The second kappa shape index (κ2) is 7.24. The van der Waals surface area contributed by atoms with Gasteiger partial charge < -0.3 is 10.5 Å². The lowest BCUT2D eigenvalue weighted by atomic mass is 9.66. The predicted octanol–water partition coefficient (Wildman–Crippen LogP) is 2.89. The second-order valence-corrected chi connectivity index (χ2v) is 7.29. The summed E-state index contributed by atoms with van der Waals surface area (Å²) in [6.07, 6.45) is 7.98. The first-order valence-electron chi connectivity index (χ1n) is 8.58. The van der Waals surface area contributed by atoms with E-state index in [-0.39, 0.29) is 5.54 Å². The lowest BCUT2D eigenvalue weighted by Crippen LogP contribution is -2.62. The number of piperidine rings is 1. The fraction of sp³-hybridized carbons (Fsp3) is 1.00. The quantitative estimate of drug-likeness (QED) is 0.842. The van der Waals surface area contributed by atoms with Crippen LogP contribution in [0.25, 0.3) is 0 Å². The smallest absolute Gasteiger partial charge is 0.0491 e. The molecule has 0 radical (unpaired) electrons. The molecule has 0 aromatic carbocycles. The molecule has 0 aromatic heterocycles. The zero-order valence-corrected chi connectivity index (χ0v) is 13.7. The minimum Gasteiger partial charge on any atom is -0.384 e. The van der Waals surface area contributed by atoms with E-state index in [0.717, 1.165) is 30.9 Å². The molecule has 1 saturated carbocycles. The molecule has 2 aliphatic rings. The Kier molecular flexibility index (Phi) is 5.88. The number of likely N-dealkylation sites (tertiary alicyclic amines) is 1. The van der Waals surface area contributed by atoms with E-state index in [1.807, 2.05) is 7.11 Å². The normalized spacial score (nSPS) is 33.8. The molecule has 1 heterocycles. The molecule has 3 heteroatoms. The van der Waals surface area contributed by atoms with Gasteiger partial charge in [-0.05, 0) is 56.5 Å². The average Bonchev–Trinajstić information content (AvgIpc) is 2.48. The van der Waals surface area contributed by atoms with Gasteiger partial charge in [0.2, 0.25) is 0 Å². The fourth-order valence-electron chi connectivity index (χ4n) is 4.76. The zero-order valence-electron chi connectivity index (χ0n) is 13.7. The molecule has 1 aliphatic carbocycles. The van der Waals surface area contributed by atoms with Gasteiger partial charge in [0.15, 0.2) is 0 Å². The van der Waals surface area contributed by atoms with Crippen LogP contribution in [0, 0.1) is 17.8 Å². The van der Waals surface area contributed by atoms with E-state index in [0.29, 0.717) is 0 Å². The van der Waals surface area contributed by atoms with Crippen LogP contribution in [0.1, 0.15) is 52.4 Å². The van der Waals surface area contributed by atoms with Crippen molar-refractivity contribution in [3.63, 3.8) is 0 Å². The Morgan fingerprint density at radius 1 is 1.20 bits per heavy atom. The summed E-state index contributed by atoms with van der Waals surface area (Å²) in [7, 11) is 1.82. The topological polar surface area (TPSA) is 38.5 Å². The maximum absolute atomic E-state index is 6.32. The molecule has 2 fully saturated rings. The summed E-state index contributed by atoms with van der Waals surface area (Å²) in [5.41, 5.74) is 6.61. The van der Waals surface area contributed by atoms with Crippen LogP contribution in [0.5, 0.6) is 0 Å². The summed E-state index contributed by atoms with van der Waals surface area (Å²) in [5.74, 6) is 2.28. The summed E-state index contributed by atoms with van der Waals surface area (Å²) in [4.78, 5) is 2.75. The lowest BCUT2D eigenvalue weighted by molar-refractivity contribution is -0.0384. The molecule has 2 unspecified atom stereocenters. The van der Waals surface area contributed by atoms with E-state index in [9.17, 15) is 0 Å². The number of hydrogen-bond acceptors (Lipinski definition) is 3. The van der Waals surface area contributed by atoms with Crippen molar-refractivity contribution in [1.82, 2.24) is 4.90 Å². The van der Waals surface area contributed by atoms with E-state index >= 15 is 0 Å². The van der Waals surface area contributed by atoms with Crippen LogP contribution < -0.4 is 5.73 Å². The fourth-order valence-corrected chi connectivity index (χ4v) is 4.76. The Balaban J connectivity index is 2.06. The molecule has 118 valence electrons. The van der Waals surface area contributed by atoms with Gasteiger partial charge in [-0.2, -0.15) is 0 Å². The van der Waals surface area contributed by atoms with Crippen molar-refractivity contribution in [3.05, 3.63) is 0 Å². The highest BCUT2D eigenvalue weighted by Crippen LogP contribution is 2.43. The molecule has 1 saturated heterocycles. The maximum atomic E-state index is 6.32. The van der Waals surface area contributed by atoms with Gasteiger partial charge in [-0.15, -0.1) is 0 Å². The molecule has 0 spiro atoms. The van der Waals surface area contributed by atoms with E-state index in [4.69, 9.17) is 10.5 Å². The van der Waals surface area contributed by atoms with Gasteiger partial charge in [-0.25, -0.2) is 0 Å². The molecule has 2 rings (SSSR count). The maximum Gasteiger partial charge on any atom is 0.0491 e. The number of hydrogen-bond donors (Lipinski definition) is 1. The number of ether oxygens (including phenoxy) is 1. The monoisotopic (exact) mass is 282 g/mol. The molecule has 0 amide bonds. The highest BCUT2D eigenvalue weighted by atomic mass is 16.5. The van der Waals surface area contributed by atoms with E-state index in [2.05, 4.69) is 18.7 Å². The molecule has 20 heavy (non-hydrogen) atoms. The van der Waals surface area contributed by atoms with E-state index in [1.54, 1.807) is 0 Å². The Bertz CT molecular complexity index is 287. The summed E-state index contributed by atoms with van der Waals surface area (Å²) in [6.45, 7) is 8.97. The number of methoxy groups -OCH3 is 1. The van der Waals surface area contributed by atoms with Gasteiger partial charge >= 0.3 is 0 Å². The number of nitrogens with two attached hydrogens (primary N) is 1. The summed E-state index contributed by atoms with van der Waals surface area (Å²) >= 11 is 0. The minimum absolute atomic E-state index is 0.282. The standard InChI is InChI=1S/C17H34N2O/c1-14(2)16-6-4-5-9-17(16,13-18)19-10-7-15(8-11-19)12-20-3/h14-16H,4-13,18H2,1-3H3. The first-order chi connectivity index (χ1) is 9.64. The molecular weight excluding hydrogens is 248 g/mol. The van der Waals surface area contributed by atoms with Crippen molar-refractivity contribution >= 4 is 0 Å². The van der Waals surface area contributed by atoms with Gasteiger partial charge in [-0.1, -0.05) is 26.7 Å². The minimum atomic E-state index is 0.282. The molecule has 0 aromatic rings. The predicted molar refractivity (Wildman–Crippen MR) is 84.8 cm³/mol. The Morgan fingerprint density at radius 2 is 1.90 bits per heavy atom. The van der Waals surface area contributed by atoms with Crippen molar-refractivity contribution in [2.75, 3.05) is 33.4 Å². The third-order valence-electron chi connectivity index (χ3n) is 5.87. The van der Waals surface area contributed by atoms with Crippen LogP contribution in [0.3, 0.4) is 0 Å². The summed E-state index contributed by atoms with van der Waals surface area (Å²) in [6, 6.07) is 0. The molecule has 2 N–H and O–H groups in total. The molecule has 1 aliphatic heterocycles. The first kappa shape index (κ1) is 16.3. The molecule has 2 atom stereocenters.